The minimum atomic E-state index is -0.957. The van der Waals surface area contributed by atoms with Gasteiger partial charge in [-0.2, -0.15) is 0 Å². The quantitative estimate of drug-likeness (QED) is 0.557. The Hall–Kier alpha value is -1.47. The molecule has 0 unspecified atom stereocenters. The van der Waals surface area contributed by atoms with E-state index in [0.717, 1.165) is 13.6 Å². The molecule has 0 aliphatic rings. The zero-order chi connectivity index (χ0) is 15.0. The van der Waals surface area contributed by atoms with E-state index in [-0.39, 0.29) is 5.56 Å². The van der Waals surface area contributed by atoms with E-state index in [9.17, 15) is 9.90 Å². The highest BCUT2D eigenvalue weighted by Gasteiger charge is 2.15. The lowest BCUT2D eigenvalue weighted by atomic mass is 10.0. The van der Waals surface area contributed by atoms with E-state index in [0.29, 0.717) is 16.6 Å². The van der Waals surface area contributed by atoms with Gasteiger partial charge in [-0.15, -0.1) is 0 Å². The second kappa shape index (κ2) is 5.73. The molecular weight excluding hydrogens is 445 g/mol. The topological polar surface area (TPSA) is 50.2 Å². The molecule has 104 valence electrons. The molecule has 0 atom stereocenters. The lowest BCUT2D eigenvalue weighted by molar-refractivity contribution is 0.0699. The third kappa shape index (κ3) is 2.80. The van der Waals surface area contributed by atoms with E-state index in [4.69, 9.17) is 0 Å². The van der Waals surface area contributed by atoms with Crippen LogP contribution in [0.15, 0.2) is 53.0 Å². The van der Waals surface area contributed by atoms with Gasteiger partial charge in [-0.1, -0.05) is 34.1 Å². The second-order valence-electron chi connectivity index (χ2n) is 4.50. The summed E-state index contributed by atoms with van der Waals surface area (Å²) in [5.74, 6) is -0.957. The van der Waals surface area contributed by atoms with Gasteiger partial charge in [0.15, 0.2) is 0 Å². The van der Waals surface area contributed by atoms with Crippen LogP contribution >= 0.6 is 38.5 Å². The third-order valence-electron chi connectivity index (χ3n) is 3.15. The van der Waals surface area contributed by atoms with Crippen LogP contribution in [0.25, 0.3) is 22.2 Å². The molecule has 0 fully saturated rings. The number of halogens is 2. The molecule has 0 aliphatic carbocycles. The van der Waals surface area contributed by atoms with Crippen LogP contribution in [0.1, 0.15) is 10.4 Å². The van der Waals surface area contributed by atoms with Crippen LogP contribution in [-0.2, 0) is 0 Å². The second-order valence-corrected chi connectivity index (χ2v) is 6.60. The first-order valence-electron chi connectivity index (χ1n) is 6.15. The summed E-state index contributed by atoms with van der Waals surface area (Å²) in [4.78, 5) is 16.1. The van der Waals surface area contributed by atoms with Crippen molar-refractivity contribution in [1.82, 2.24) is 4.98 Å². The molecule has 0 bridgehead atoms. The molecule has 1 heterocycles. The number of hydrogen-bond acceptors (Lipinski definition) is 2. The number of fused-ring (bicyclic) bond motifs is 1. The number of rotatable bonds is 2. The van der Waals surface area contributed by atoms with Crippen LogP contribution in [0.5, 0.6) is 0 Å². The predicted octanol–water partition coefficient (Wildman–Crippen LogP) is 4.97. The maximum atomic E-state index is 11.6. The number of aromatic carboxylic acids is 1. The first-order valence-corrected chi connectivity index (χ1v) is 8.02. The average molecular weight is 454 g/mol. The summed E-state index contributed by atoms with van der Waals surface area (Å²) < 4.78 is 1.86. The van der Waals surface area contributed by atoms with Gasteiger partial charge in [0.2, 0.25) is 0 Å². The molecule has 0 aliphatic heterocycles. The standard InChI is InChI=1S/C16H9BrINO2/c17-12-2-1-3-13-15(12)11(16(20)21)8-14(19-13)9-4-6-10(18)7-5-9/h1-8H,(H,20,21). The van der Waals surface area contributed by atoms with Gasteiger partial charge in [-0.3, -0.25) is 0 Å². The summed E-state index contributed by atoms with van der Waals surface area (Å²) in [6.07, 6.45) is 0. The smallest absolute Gasteiger partial charge is 0.336 e. The summed E-state index contributed by atoms with van der Waals surface area (Å²) >= 11 is 5.63. The zero-order valence-electron chi connectivity index (χ0n) is 10.7. The monoisotopic (exact) mass is 453 g/mol. The molecule has 0 spiro atoms. The predicted molar refractivity (Wildman–Crippen MR) is 94.6 cm³/mol. The third-order valence-corrected chi connectivity index (χ3v) is 4.53. The van der Waals surface area contributed by atoms with E-state index in [1.807, 2.05) is 42.5 Å². The van der Waals surface area contributed by atoms with Crippen molar-refractivity contribution in [2.45, 2.75) is 0 Å². The molecule has 3 nitrogen and oxygen atoms in total. The number of aromatic nitrogens is 1. The SMILES string of the molecule is O=C(O)c1cc(-c2ccc(I)cc2)nc2cccc(Br)c12. The highest BCUT2D eigenvalue weighted by Crippen LogP contribution is 2.30. The molecule has 0 saturated carbocycles. The van der Waals surface area contributed by atoms with E-state index >= 15 is 0 Å². The highest BCUT2D eigenvalue weighted by atomic mass is 127. The van der Waals surface area contributed by atoms with Gasteiger partial charge in [0, 0.05) is 19.0 Å². The van der Waals surface area contributed by atoms with Crippen LogP contribution in [0, 0.1) is 3.57 Å². The van der Waals surface area contributed by atoms with Gasteiger partial charge in [0.1, 0.15) is 0 Å². The number of benzene rings is 2. The fourth-order valence-electron chi connectivity index (χ4n) is 2.18. The molecule has 5 heteroatoms. The molecule has 21 heavy (non-hydrogen) atoms. The van der Waals surface area contributed by atoms with Crippen molar-refractivity contribution in [3.8, 4) is 11.3 Å². The Bertz CT molecular complexity index is 847. The molecule has 3 rings (SSSR count). The van der Waals surface area contributed by atoms with Gasteiger partial charge in [0.05, 0.1) is 16.8 Å². The van der Waals surface area contributed by atoms with E-state index in [1.165, 1.54) is 0 Å². The van der Waals surface area contributed by atoms with Crippen molar-refractivity contribution in [2.24, 2.45) is 0 Å². The minimum Gasteiger partial charge on any atom is -0.478 e. The number of nitrogens with zero attached hydrogens (tertiary/aromatic N) is 1. The maximum absolute atomic E-state index is 11.6. The molecule has 1 aromatic heterocycles. The minimum absolute atomic E-state index is 0.251. The first kappa shape index (κ1) is 14.5. The van der Waals surface area contributed by atoms with Crippen molar-refractivity contribution in [2.75, 3.05) is 0 Å². The Balaban J connectivity index is 2.31. The number of pyridine rings is 1. The van der Waals surface area contributed by atoms with Gasteiger partial charge in [0.25, 0.3) is 0 Å². The molecule has 2 aromatic carbocycles. The Morgan fingerprint density at radius 1 is 1.14 bits per heavy atom. The Kier molecular flexibility index (Phi) is 3.95. The molecule has 3 aromatic rings. The van der Waals surface area contributed by atoms with Crippen molar-refractivity contribution in [3.05, 3.63) is 62.1 Å². The molecule has 0 saturated heterocycles. The molecule has 0 radical (unpaired) electrons. The van der Waals surface area contributed by atoms with Crippen LogP contribution in [0.2, 0.25) is 0 Å². The number of carboxylic acids is 1. The van der Waals surface area contributed by atoms with Gasteiger partial charge in [-0.25, -0.2) is 9.78 Å². The van der Waals surface area contributed by atoms with Crippen LogP contribution < -0.4 is 0 Å². The van der Waals surface area contributed by atoms with Crippen LogP contribution in [0.3, 0.4) is 0 Å². The fraction of sp³-hybridized carbons (Fsp3) is 0. The fourth-order valence-corrected chi connectivity index (χ4v) is 3.11. The molecule has 1 N–H and O–H groups in total. The average Bonchev–Trinajstić information content (AvgIpc) is 2.47. The Morgan fingerprint density at radius 3 is 2.52 bits per heavy atom. The van der Waals surface area contributed by atoms with Gasteiger partial charge in [-0.05, 0) is 52.9 Å². The maximum Gasteiger partial charge on any atom is 0.336 e. The summed E-state index contributed by atoms with van der Waals surface area (Å²) in [5, 5.41) is 10.1. The highest BCUT2D eigenvalue weighted by molar-refractivity contribution is 14.1. The lowest BCUT2D eigenvalue weighted by Gasteiger charge is -2.08. The van der Waals surface area contributed by atoms with Crippen LogP contribution in [0.4, 0.5) is 0 Å². The summed E-state index contributed by atoms with van der Waals surface area (Å²) in [7, 11) is 0. The molecule has 0 amide bonds. The van der Waals surface area contributed by atoms with Crippen molar-refractivity contribution in [1.29, 1.82) is 0 Å². The summed E-state index contributed by atoms with van der Waals surface area (Å²) in [5.41, 5.74) is 2.48. The van der Waals surface area contributed by atoms with E-state index in [1.54, 1.807) is 6.07 Å². The van der Waals surface area contributed by atoms with Gasteiger partial charge >= 0.3 is 5.97 Å². The summed E-state index contributed by atoms with van der Waals surface area (Å²) in [6.45, 7) is 0. The summed E-state index contributed by atoms with van der Waals surface area (Å²) in [6, 6.07) is 15.0. The van der Waals surface area contributed by atoms with E-state index in [2.05, 4.69) is 43.5 Å². The zero-order valence-corrected chi connectivity index (χ0v) is 14.4. The Morgan fingerprint density at radius 2 is 1.86 bits per heavy atom. The first-order chi connectivity index (χ1) is 10.1. The lowest BCUT2D eigenvalue weighted by Crippen LogP contribution is -2.00. The number of hydrogen-bond donors (Lipinski definition) is 1. The normalized spacial score (nSPS) is 10.8. The van der Waals surface area contributed by atoms with Crippen molar-refractivity contribution < 1.29 is 9.90 Å². The van der Waals surface area contributed by atoms with Crippen molar-refractivity contribution >= 4 is 55.4 Å². The van der Waals surface area contributed by atoms with E-state index < -0.39 is 5.97 Å². The van der Waals surface area contributed by atoms with Crippen LogP contribution in [-0.4, -0.2) is 16.1 Å². The van der Waals surface area contributed by atoms with Crippen molar-refractivity contribution in [3.63, 3.8) is 0 Å². The van der Waals surface area contributed by atoms with Gasteiger partial charge < -0.3 is 5.11 Å². The molecular formula is C16H9BrINO2. The largest absolute Gasteiger partial charge is 0.478 e. The number of carbonyl (C=O) groups is 1. The number of carboxylic acid groups (broad SMARTS) is 1. The Labute approximate surface area is 143 Å².